The largest absolute Gasteiger partial charge is 0.423 e. The van der Waals surface area contributed by atoms with Crippen LogP contribution in [0.5, 0.6) is 5.75 Å². The van der Waals surface area contributed by atoms with Crippen molar-refractivity contribution in [1.29, 1.82) is 0 Å². The quantitative estimate of drug-likeness (QED) is 0.168. The van der Waals surface area contributed by atoms with Crippen molar-refractivity contribution >= 4 is 5.97 Å². The summed E-state index contributed by atoms with van der Waals surface area (Å²) in [6.45, 7) is 10.5. The average molecular weight is 483 g/mol. The molecule has 4 aliphatic rings. The first kappa shape index (κ1) is 23.7. The molecule has 7 atom stereocenters. The molecule has 0 aromatic heterocycles. The zero-order valence-electron chi connectivity index (χ0n) is 21.5. The first-order valence-electron chi connectivity index (χ1n) is 13.9. The van der Waals surface area contributed by atoms with Gasteiger partial charge in [0.05, 0.1) is 5.56 Å². The predicted octanol–water partition coefficient (Wildman–Crippen LogP) is 7.67. The average Bonchev–Trinajstić information content (AvgIpc) is 3.45. The Bertz CT molecular complexity index is 1170. The maximum Gasteiger partial charge on any atom is 0.343 e. The van der Waals surface area contributed by atoms with Gasteiger partial charge in [0, 0.05) is 0 Å². The van der Waals surface area contributed by atoms with E-state index in [0.717, 1.165) is 25.7 Å². The molecule has 2 aromatic rings. The van der Waals surface area contributed by atoms with E-state index in [9.17, 15) is 4.79 Å². The number of esters is 1. The molecule has 1 aliphatic heterocycles. The number of hydrogen-bond acceptors (Lipinski definition) is 3. The van der Waals surface area contributed by atoms with E-state index < -0.39 is 0 Å². The lowest BCUT2D eigenvalue weighted by atomic mass is 9.55. The van der Waals surface area contributed by atoms with E-state index in [4.69, 9.17) is 9.47 Å². The third kappa shape index (κ3) is 3.46. The fraction of sp³-hybridized carbons (Fsp3) is 0.485. The highest BCUT2D eigenvalue weighted by Crippen LogP contribution is 2.75. The summed E-state index contributed by atoms with van der Waals surface area (Å²) in [5.41, 5.74) is 3.47. The summed E-state index contributed by atoms with van der Waals surface area (Å²) in [6, 6.07) is 15.6. The van der Waals surface area contributed by atoms with Gasteiger partial charge in [0.2, 0.25) is 0 Å². The maximum absolute atomic E-state index is 12.7. The molecule has 3 unspecified atom stereocenters. The number of carbonyl (C=O) groups excluding carboxylic acids is 1. The Morgan fingerprint density at radius 2 is 2.00 bits per heavy atom. The van der Waals surface area contributed by atoms with Crippen molar-refractivity contribution in [3.05, 3.63) is 90.5 Å². The molecule has 1 saturated heterocycles. The van der Waals surface area contributed by atoms with Crippen LogP contribution in [0.25, 0.3) is 0 Å². The van der Waals surface area contributed by atoms with E-state index in [2.05, 4.69) is 44.4 Å². The number of allylic oxidation sites excluding steroid dienone is 1. The lowest BCUT2D eigenvalue weighted by Crippen LogP contribution is -2.45. The second-order valence-electron chi connectivity index (χ2n) is 11.5. The minimum Gasteiger partial charge on any atom is -0.423 e. The fourth-order valence-electron chi connectivity index (χ4n) is 8.68. The molecule has 0 amide bonds. The minimum atomic E-state index is -0.294. The van der Waals surface area contributed by atoms with Crippen LogP contribution < -0.4 is 4.74 Å². The molecule has 1 heterocycles. The highest BCUT2D eigenvalue weighted by Gasteiger charge is 2.81. The Morgan fingerprint density at radius 1 is 1.17 bits per heavy atom. The summed E-state index contributed by atoms with van der Waals surface area (Å²) >= 11 is 0. The molecule has 3 fully saturated rings. The van der Waals surface area contributed by atoms with Gasteiger partial charge in [-0.2, -0.15) is 0 Å². The van der Waals surface area contributed by atoms with Crippen LogP contribution in [0.1, 0.15) is 79.3 Å². The van der Waals surface area contributed by atoms with Crippen molar-refractivity contribution < 1.29 is 14.3 Å². The third-order valence-electron chi connectivity index (χ3n) is 9.91. The smallest absolute Gasteiger partial charge is 0.343 e. The zero-order chi connectivity index (χ0) is 24.9. The topological polar surface area (TPSA) is 38.8 Å². The summed E-state index contributed by atoms with van der Waals surface area (Å²) in [7, 11) is 0. The van der Waals surface area contributed by atoms with Gasteiger partial charge in [-0.25, -0.2) is 4.79 Å². The summed E-state index contributed by atoms with van der Waals surface area (Å²) in [5.74, 6) is 3.39. The molecule has 0 radical (unpaired) electrons. The van der Waals surface area contributed by atoms with Crippen LogP contribution in [-0.4, -0.2) is 17.2 Å². The highest BCUT2D eigenvalue weighted by atomic mass is 16.6. The Balaban J connectivity index is 1.30. The third-order valence-corrected chi connectivity index (χ3v) is 9.91. The van der Waals surface area contributed by atoms with Crippen molar-refractivity contribution in [3.8, 4) is 5.75 Å². The van der Waals surface area contributed by atoms with Crippen LogP contribution in [0.2, 0.25) is 0 Å². The van der Waals surface area contributed by atoms with Crippen LogP contribution >= 0.6 is 0 Å². The van der Waals surface area contributed by atoms with Crippen molar-refractivity contribution in [3.63, 3.8) is 0 Å². The maximum atomic E-state index is 12.7. The van der Waals surface area contributed by atoms with Gasteiger partial charge in [0.15, 0.2) is 0 Å². The van der Waals surface area contributed by atoms with Crippen molar-refractivity contribution in [2.75, 3.05) is 0 Å². The summed E-state index contributed by atoms with van der Waals surface area (Å²) in [6.07, 6.45) is 13.2. The molecular formula is C33H38O3. The van der Waals surface area contributed by atoms with Crippen LogP contribution in [-0.2, 0) is 11.2 Å². The first-order chi connectivity index (χ1) is 17.6. The SMILES string of the molecule is C=CC[C@@H]1CC2C3C(CC[C@@]24O[C@@]14CC=C)c1ccc(OC(=O)c2ccccc2)cc1C[C@H]3CCC. The van der Waals surface area contributed by atoms with Gasteiger partial charge in [-0.15, -0.1) is 13.2 Å². The molecular weight excluding hydrogens is 444 g/mol. The van der Waals surface area contributed by atoms with Crippen LogP contribution in [0.4, 0.5) is 0 Å². The second kappa shape index (κ2) is 9.03. The Kier molecular flexibility index (Phi) is 5.95. The van der Waals surface area contributed by atoms with Gasteiger partial charge in [0.25, 0.3) is 0 Å². The number of fused-ring (bicyclic) bond motifs is 4. The monoisotopic (exact) mass is 482 g/mol. The number of benzene rings is 2. The van der Waals surface area contributed by atoms with Crippen molar-refractivity contribution in [2.24, 2.45) is 23.7 Å². The molecule has 2 aromatic carbocycles. The van der Waals surface area contributed by atoms with Crippen molar-refractivity contribution in [2.45, 2.75) is 75.4 Å². The number of carbonyl (C=O) groups is 1. The van der Waals surface area contributed by atoms with Crippen molar-refractivity contribution in [1.82, 2.24) is 0 Å². The van der Waals surface area contributed by atoms with E-state index in [1.54, 1.807) is 12.1 Å². The van der Waals surface area contributed by atoms with Gasteiger partial charge < -0.3 is 9.47 Å². The van der Waals surface area contributed by atoms with Gasteiger partial charge in [-0.1, -0.05) is 56.2 Å². The van der Waals surface area contributed by atoms with Crippen LogP contribution in [0.15, 0.2) is 73.8 Å². The Labute approximate surface area is 215 Å². The van der Waals surface area contributed by atoms with E-state index in [0.29, 0.717) is 40.9 Å². The van der Waals surface area contributed by atoms with Crippen LogP contribution in [0, 0.1) is 23.7 Å². The standard InChI is InChI=1S/C33H38O3/c1-4-10-23-19-24-20-26(35-31(34)22-12-8-7-9-13-22)14-15-27(24)28-16-18-33-29(30(23)28)21-25(11-5-2)32(33,36-33)17-6-3/h5-9,12-15,20,23,25,28-30H,2-4,10-11,16-19,21H2,1H3/t23-,25-,28?,29?,30?,32+,33-/m1/s1. The predicted molar refractivity (Wildman–Crippen MR) is 143 cm³/mol. The number of ether oxygens (including phenoxy) is 2. The van der Waals surface area contributed by atoms with Gasteiger partial charge in [-0.05, 0) is 104 Å². The van der Waals surface area contributed by atoms with E-state index in [1.807, 2.05) is 24.3 Å². The van der Waals surface area contributed by atoms with Gasteiger partial charge in [-0.3, -0.25) is 0 Å². The molecule has 6 rings (SSSR count). The lowest BCUT2D eigenvalue weighted by Gasteiger charge is -2.49. The summed E-state index contributed by atoms with van der Waals surface area (Å²) in [4.78, 5) is 12.7. The summed E-state index contributed by atoms with van der Waals surface area (Å²) in [5, 5.41) is 0. The molecule has 3 nitrogen and oxygen atoms in total. The molecule has 188 valence electrons. The fourth-order valence-corrected chi connectivity index (χ4v) is 8.68. The molecule has 3 heteroatoms. The lowest BCUT2D eigenvalue weighted by molar-refractivity contribution is 0.0190. The molecule has 36 heavy (non-hydrogen) atoms. The van der Waals surface area contributed by atoms with E-state index in [1.165, 1.54) is 36.8 Å². The molecule has 2 saturated carbocycles. The molecule has 1 spiro atoms. The molecule has 3 aliphatic carbocycles. The molecule has 0 bridgehead atoms. The highest BCUT2D eigenvalue weighted by molar-refractivity contribution is 5.91. The van der Waals surface area contributed by atoms with E-state index >= 15 is 0 Å². The summed E-state index contributed by atoms with van der Waals surface area (Å²) < 4.78 is 12.6. The molecule has 0 N–H and O–H groups in total. The number of epoxide rings is 1. The first-order valence-corrected chi connectivity index (χ1v) is 13.9. The van der Waals surface area contributed by atoms with Gasteiger partial charge in [0.1, 0.15) is 17.0 Å². The van der Waals surface area contributed by atoms with Gasteiger partial charge >= 0.3 is 5.97 Å². The zero-order valence-corrected chi connectivity index (χ0v) is 21.5. The number of hydrogen-bond donors (Lipinski definition) is 0. The van der Waals surface area contributed by atoms with Crippen LogP contribution in [0.3, 0.4) is 0 Å². The van der Waals surface area contributed by atoms with E-state index in [-0.39, 0.29) is 17.2 Å². The second-order valence-corrected chi connectivity index (χ2v) is 11.5. The Morgan fingerprint density at radius 3 is 2.75 bits per heavy atom. The normalized spacial score (nSPS) is 35.5. The minimum absolute atomic E-state index is 0.00881. The Hall–Kier alpha value is -2.65. The number of rotatable bonds is 8.